The largest absolute Gasteiger partial charge is 0.535 e. The first kappa shape index (κ1) is 16.6. The molecule has 1 aromatic rings. The van der Waals surface area contributed by atoms with Crippen molar-refractivity contribution in [2.45, 2.75) is 32.7 Å². The van der Waals surface area contributed by atoms with Crippen LogP contribution in [0.2, 0.25) is 6.32 Å². The summed E-state index contributed by atoms with van der Waals surface area (Å²) in [4.78, 5) is 13.6. The van der Waals surface area contributed by atoms with Crippen LogP contribution < -0.4 is 9.39 Å². The van der Waals surface area contributed by atoms with E-state index in [0.29, 0.717) is 31.7 Å². The molecule has 2 aliphatic rings. The highest BCUT2D eigenvalue weighted by Gasteiger charge is 2.34. The lowest BCUT2D eigenvalue weighted by Crippen LogP contribution is -2.57. The highest BCUT2D eigenvalue weighted by atomic mass is 16.5. The summed E-state index contributed by atoms with van der Waals surface area (Å²) in [6, 6.07) is 3.44. The molecule has 24 heavy (non-hydrogen) atoms. The van der Waals surface area contributed by atoms with E-state index in [0.717, 1.165) is 5.56 Å². The fourth-order valence-corrected chi connectivity index (χ4v) is 2.97. The normalized spacial score (nSPS) is 17.2. The van der Waals surface area contributed by atoms with Crippen molar-refractivity contribution in [3.05, 3.63) is 23.3 Å². The minimum absolute atomic E-state index is 0.0383. The molecule has 8 heteroatoms. The average molecular weight is 332 g/mol. The summed E-state index contributed by atoms with van der Waals surface area (Å²) in [6.07, 6.45) is 0.856. The number of aromatic carboxylic acids is 1. The maximum absolute atomic E-state index is 11.7. The molecule has 0 amide bonds. The molecule has 0 radical (unpaired) electrons. The number of fused-ring (bicyclic) bond motifs is 1. The van der Waals surface area contributed by atoms with E-state index >= 15 is 0 Å². The lowest BCUT2D eigenvalue weighted by atomic mass is 9.78. The Morgan fingerprint density at radius 3 is 2.79 bits per heavy atom. The Kier molecular flexibility index (Phi) is 4.40. The molecule has 1 saturated heterocycles. The van der Waals surface area contributed by atoms with Gasteiger partial charge >= 0.3 is 13.1 Å². The van der Waals surface area contributed by atoms with Crippen molar-refractivity contribution in [3.8, 4) is 11.5 Å². The molecule has 0 spiro atoms. The van der Waals surface area contributed by atoms with E-state index in [2.05, 4.69) is 0 Å². The van der Waals surface area contributed by atoms with Gasteiger partial charge in [0.05, 0.1) is 18.9 Å². The summed E-state index contributed by atoms with van der Waals surface area (Å²) in [7, 11) is -0.989. The minimum Gasteiger partial charge on any atom is -0.535 e. The van der Waals surface area contributed by atoms with Gasteiger partial charge in [-0.25, -0.2) is 4.79 Å². The van der Waals surface area contributed by atoms with Crippen LogP contribution >= 0.6 is 0 Å². The summed E-state index contributed by atoms with van der Waals surface area (Å²) in [5, 5.41) is 27.1. The summed E-state index contributed by atoms with van der Waals surface area (Å²) >= 11 is 0. The maximum atomic E-state index is 11.7. The van der Waals surface area contributed by atoms with Crippen molar-refractivity contribution < 1.29 is 24.3 Å². The van der Waals surface area contributed by atoms with Gasteiger partial charge in [-0.15, -0.1) is 0 Å². The first-order valence-electron chi connectivity index (χ1n) is 8.10. The summed E-state index contributed by atoms with van der Waals surface area (Å²) in [6.45, 7) is 5.06. The fourth-order valence-electron chi connectivity index (χ4n) is 2.97. The number of rotatable bonds is 4. The molecule has 0 aliphatic carbocycles. The number of nitrogens with zero attached hydrogens (tertiary/aromatic N) is 1. The van der Waals surface area contributed by atoms with Gasteiger partial charge in [-0.05, 0) is 24.4 Å². The Morgan fingerprint density at radius 2 is 2.17 bits per heavy atom. The van der Waals surface area contributed by atoms with Crippen LogP contribution in [0, 0.1) is 11.3 Å². The Bertz CT molecular complexity index is 673. The lowest BCUT2D eigenvalue weighted by Gasteiger charge is -2.42. The van der Waals surface area contributed by atoms with Gasteiger partial charge < -0.3 is 24.4 Å². The van der Waals surface area contributed by atoms with Crippen LogP contribution in [-0.4, -0.2) is 53.1 Å². The molecule has 2 heterocycles. The molecule has 128 valence electrons. The molecule has 7 nitrogen and oxygen atoms in total. The second-order valence-corrected chi connectivity index (χ2v) is 6.53. The number of hydrogen-bond acceptors (Lipinski definition) is 5. The molecular formula is C16H21BN2O5. The van der Waals surface area contributed by atoms with Gasteiger partial charge in [0.1, 0.15) is 23.2 Å². The van der Waals surface area contributed by atoms with Crippen molar-refractivity contribution in [2.24, 2.45) is 5.92 Å². The van der Waals surface area contributed by atoms with Crippen molar-refractivity contribution >= 4 is 18.9 Å². The molecule has 3 rings (SSSR count). The maximum Gasteiger partial charge on any atom is 0.522 e. The molecular weight excluding hydrogens is 311 g/mol. The van der Waals surface area contributed by atoms with Gasteiger partial charge in [-0.1, -0.05) is 19.9 Å². The monoisotopic (exact) mass is 332 g/mol. The highest BCUT2D eigenvalue weighted by molar-refractivity contribution is 6.44. The fraction of sp³-hybridized carbons (Fsp3) is 0.500. The van der Waals surface area contributed by atoms with Gasteiger partial charge in [0.15, 0.2) is 0 Å². The van der Waals surface area contributed by atoms with Crippen LogP contribution in [0.25, 0.3) is 0 Å². The smallest absolute Gasteiger partial charge is 0.522 e. The van der Waals surface area contributed by atoms with Crippen molar-refractivity contribution in [1.29, 1.82) is 5.41 Å². The van der Waals surface area contributed by atoms with E-state index in [1.165, 1.54) is 0 Å². The van der Waals surface area contributed by atoms with Crippen LogP contribution in [0.15, 0.2) is 12.1 Å². The zero-order valence-corrected chi connectivity index (χ0v) is 13.8. The second-order valence-electron chi connectivity index (χ2n) is 6.53. The van der Waals surface area contributed by atoms with Gasteiger partial charge in [0.2, 0.25) is 0 Å². The number of carboxylic acid groups (broad SMARTS) is 1. The van der Waals surface area contributed by atoms with Gasteiger partial charge in [-0.3, -0.25) is 5.41 Å². The first-order chi connectivity index (χ1) is 11.4. The number of ether oxygens (including phenoxy) is 1. The number of carboxylic acids is 1. The first-order valence-corrected chi connectivity index (χ1v) is 8.10. The highest BCUT2D eigenvalue weighted by Crippen LogP contribution is 2.37. The van der Waals surface area contributed by atoms with E-state index in [-0.39, 0.29) is 29.1 Å². The molecule has 3 N–H and O–H groups in total. The van der Waals surface area contributed by atoms with Gasteiger partial charge in [-0.2, -0.15) is 0 Å². The van der Waals surface area contributed by atoms with Gasteiger partial charge in [0.25, 0.3) is 0 Å². The number of carbonyl (C=O) groups is 1. The Morgan fingerprint density at radius 1 is 1.46 bits per heavy atom. The standard InChI is InChI=1S/C16H21BN2O5/c1-9(2)15(18)19-7-11(8-19)23-12-4-3-10-5-6-17(22)24-14(10)13(12)16(20)21/h3-4,9,11,18,22H,5-8H2,1-2H3,(H,20,21). The summed E-state index contributed by atoms with van der Waals surface area (Å²) < 4.78 is 11.2. The van der Waals surface area contributed by atoms with Crippen LogP contribution in [0.1, 0.15) is 29.8 Å². The van der Waals surface area contributed by atoms with Crippen molar-refractivity contribution in [3.63, 3.8) is 0 Å². The zero-order chi connectivity index (χ0) is 17.4. The third kappa shape index (κ3) is 3.06. The summed E-state index contributed by atoms with van der Waals surface area (Å²) in [5.41, 5.74) is 0.727. The lowest BCUT2D eigenvalue weighted by molar-refractivity contribution is 0.0578. The number of nitrogens with one attached hydrogen (secondary N) is 1. The number of benzene rings is 1. The number of aryl methyl sites for hydroxylation is 1. The molecule has 1 aromatic carbocycles. The average Bonchev–Trinajstić information content (AvgIpc) is 2.48. The molecule has 0 bridgehead atoms. The molecule has 2 aliphatic heterocycles. The second kappa shape index (κ2) is 6.35. The van der Waals surface area contributed by atoms with Crippen molar-refractivity contribution in [2.75, 3.05) is 13.1 Å². The predicted molar refractivity (Wildman–Crippen MR) is 89.1 cm³/mol. The van der Waals surface area contributed by atoms with E-state index in [1.807, 2.05) is 18.7 Å². The Hall–Kier alpha value is -2.22. The minimum atomic E-state index is -1.14. The SMILES string of the molecule is CC(C)C(=N)N1CC(Oc2ccc3c(c2C(=O)O)OB(O)CC3)C1. The summed E-state index contributed by atoms with van der Waals surface area (Å²) in [5.74, 6) is 0.0207. The molecule has 0 atom stereocenters. The Labute approximate surface area is 140 Å². The molecule has 0 saturated carbocycles. The van der Waals surface area contributed by atoms with E-state index in [9.17, 15) is 14.9 Å². The quantitative estimate of drug-likeness (QED) is 0.439. The molecule has 0 unspecified atom stereocenters. The van der Waals surface area contributed by atoms with Crippen molar-refractivity contribution in [1.82, 2.24) is 4.90 Å². The van der Waals surface area contributed by atoms with E-state index in [4.69, 9.17) is 14.8 Å². The zero-order valence-electron chi connectivity index (χ0n) is 13.8. The number of amidine groups is 1. The molecule has 0 aromatic heterocycles. The van der Waals surface area contributed by atoms with E-state index in [1.54, 1.807) is 12.1 Å². The van der Waals surface area contributed by atoms with Crippen LogP contribution in [0.5, 0.6) is 11.5 Å². The number of hydrogen-bond donors (Lipinski definition) is 3. The molecule has 1 fully saturated rings. The van der Waals surface area contributed by atoms with Crippen LogP contribution in [0.4, 0.5) is 0 Å². The topological polar surface area (TPSA) is 103 Å². The van der Waals surface area contributed by atoms with Crippen LogP contribution in [-0.2, 0) is 6.42 Å². The third-order valence-corrected chi connectivity index (χ3v) is 4.36. The van der Waals surface area contributed by atoms with Gasteiger partial charge in [0, 0.05) is 5.92 Å². The van der Waals surface area contributed by atoms with E-state index < -0.39 is 13.1 Å². The number of likely N-dealkylation sites (tertiary alicyclic amines) is 1. The Balaban J connectivity index is 1.76. The predicted octanol–water partition coefficient (Wildman–Crippen LogP) is 1.50. The third-order valence-electron chi connectivity index (χ3n) is 4.36. The van der Waals surface area contributed by atoms with Crippen LogP contribution in [0.3, 0.4) is 0 Å².